The third kappa shape index (κ3) is 8.92. The molecule has 0 saturated heterocycles. The highest BCUT2D eigenvalue weighted by atomic mass is 14.3. The molecule has 2 aliphatic rings. The summed E-state index contributed by atoms with van der Waals surface area (Å²) >= 11 is 0. The Labute approximate surface area is 164 Å². The van der Waals surface area contributed by atoms with Crippen molar-refractivity contribution in [3.8, 4) is 0 Å². The molecule has 0 heteroatoms. The van der Waals surface area contributed by atoms with E-state index in [1.54, 1.807) is 0 Å². The second-order valence-electron chi connectivity index (χ2n) is 9.32. The Morgan fingerprint density at radius 2 is 1.19 bits per heavy atom. The van der Waals surface area contributed by atoms with Gasteiger partial charge in [0.05, 0.1) is 0 Å². The molecular weight excluding hydrogens is 312 g/mol. The van der Waals surface area contributed by atoms with Gasteiger partial charge in [-0.15, -0.1) is 0 Å². The molecule has 0 aromatic carbocycles. The Hall–Kier alpha value is -0.520. The quantitative estimate of drug-likeness (QED) is 0.255. The first-order valence-electron chi connectivity index (χ1n) is 12.1. The SMILES string of the molecule is CC=CCCC1CCC(CCCCC2CCC(C=CCCC)CC2)CC1. The molecule has 0 unspecified atom stereocenters. The van der Waals surface area contributed by atoms with Gasteiger partial charge >= 0.3 is 0 Å². The lowest BCUT2D eigenvalue weighted by molar-refractivity contribution is 0.243. The largest absolute Gasteiger partial charge is 0.0917 e. The van der Waals surface area contributed by atoms with Crippen LogP contribution in [-0.2, 0) is 0 Å². The van der Waals surface area contributed by atoms with E-state index in [-0.39, 0.29) is 0 Å². The van der Waals surface area contributed by atoms with Crippen LogP contribution in [-0.4, -0.2) is 0 Å². The minimum Gasteiger partial charge on any atom is -0.0917 e. The summed E-state index contributed by atoms with van der Waals surface area (Å²) in [4.78, 5) is 0. The number of rotatable bonds is 11. The number of hydrogen-bond acceptors (Lipinski definition) is 0. The lowest BCUT2D eigenvalue weighted by Gasteiger charge is -2.29. The van der Waals surface area contributed by atoms with Gasteiger partial charge in [-0.3, -0.25) is 0 Å². The van der Waals surface area contributed by atoms with Crippen LogP contribution in [0.2, 0.25) is 0 Å². The summed E-state index contributed by atoms with van der Waals surface area (Å²) in [7, 11) is 0. The van der Waals surface area contributed by atoms with Gasteiger partial charge in [-0.1, -0.05) is 89.0 Å². The van der Waals surface area contributed by atoms with Crippen LogP contribution < -0.4 is 0 Å². The minimum atomic E-state index is 0.904. The van der Waals surface area contributed by atoms with E-state index in [1.165, 1.54) is 103 Å². The Morgan fingerprint density at radius 1 is 0.654 bits per heavy atom. The Bertz CT molecular complexity index is 375. The second kappa shape index (κ2) is 13.6. The zero-order valence-corrected chi connectivity index (χ0v) is 17.9. The molecule has 0 aliphatic heterocycles. The Balaban J connectivity index is 1.46. The van der Waals surface area contributed by atoms with Gasteiger partial charge in [-0.25, -0.2) is 0 Å². The summed E-state index contributed by atoms with van der Waals surface area (Å²) in [5.41, 5.74) is 0. The molecule has 0 amide bonds. The predicted molar refractivity (Wildman–Crippen MR) is 117 cm³/mol. The van der Waals surface area contributed by atoms with Crippen LogP contribution >= 0.6 is 0 Å². The second-order valence-corrected chi connectivity index (χ2v) is 9.32. The molecule has 0 heterocycles. The van der Waals surface area contributed by atoms with Crippen molar-refractivity contribution in [1.82, 2.24) is 0 Å². The first-order valence-corrected chi connectivity index (χ1v) is 12.1. The van der Waals surface area contributed by atoms with Crippen LogP contribution in [0, 0.1) is 23.7 Å². The molecule has 0 bridgehead atoms. The molecule has 26 heavy (non-hydrogen) atoms. The van der Waals surface area contributed by atoms with Crippen molar-refractivity contribution in [1.29, 1.82) is 0 Å². The maximum atomic E-state index is 2.52. The summed E-state index contributed by atoms with van der Waals surface area (Å²) in [6.45, 7) is 4.42. The van der Waals surface area contributed by atoms with Crippen LogP contribution in [0.1, 0.15) is 117 Å². The maximum absolute atomic E-state index is 2.52. The first kappa shape index (κ1) is 21.8. The minimum absolute atomic E-state index is 0.904. The summed E-state index contributed by atoms with van der Waals surface area (Å²) in [6.07, 6.45) is 32.9. The van der Waals surface area contributed by atoms with Crippen molar-refractivity contribution in [2.75, 3.05) is 0 Å². The van der Waals surface area contributed by atoms with E-state index in [1.807, 2.05) is 0 Å². The van der Waals surface area contributed by atoms with E-state index < -0.39 is 0 Å². The lowest BCUT2D eigenvalue weighted by Crippen LogP contribution is -2.15. The van der Waals surface area contributed by atoms with E-state index in [0.717, 1.165) is 23.7 Å². The topological polar surface area (TPSA) is 0 Å². The van der Waals surface area contributed by atoms with Crippen LogP contribution in [0.3, 0.4) is 0 Å². The molecule has 0 atom stereocenters. The third-order valence-corrected chi connectivity index (χ3v) is 7.17. The van der Waals surface area contributed by atoms with Gasteiger partial charge in [-0.2, -0.15) is 0 Å². The van der Waals surface area contributed by atoms with Gasteiger partial charge in [0.15, 0.2) is 0 Å². The van der Waals surface area contributed by atoms with Gasteiger partial charge in [0.2, 0.25) is 0 Å². The summed E-state index contributed by atoms with van der Waals surface area (Å²) in [6, 6.07) is 0. The number of hydrogen-bond donors (Lipinski definition) is 0. The maximum Gasteiger partial charge on any atom is -0.0233 e. The average molecular weight is 359 g/mol. The van der Waals surface area contributed by atoms with Crippen molar-refractivity contribution in [3.05, 3.63) is 24.3 Å². The van der Waals surface area contributed by atoms with Crippen molar-refractivity contribution < 1.29 is 0 Å². The van der Waals surface area contributed by atoms with Gasteiger partial charge in [-0.05, 0) is 75.5 Å². The van der Waals surface area contributed by atoms with Crippen molar-refractivity contribution in [3.63, 3.8) is 0 Å². The predicted octanol–water partition coefficient (Wildman–Crippen LogP) is 8.87. The molecule has 0 aromatic heterocycles. The van der Waals surface area contributed by atoms with Crippen molar-refractivity contribution in [2.45, 2.75) is 117 Å². The molecule has 2 rings (SSSR count). The lowest BCUT2D eigenvalue weighted by atomic mass is 9.77. The molecule has 0 aromatic rings. The van der Waals surface area contributed by atoms with E-state index in [0.29, 0.717) is 0 Å². The molecule has 2 saturated carbocycles. The average Bonchev–Trinajstić information content (AvgIpc) is 2.68. The molecular formula is C26H46. The van der Waals surface area contributed by atoms with Crippen LogP contribution in [0.15, 0.2) is 24.3 Å². The van der Waals surface area contributed by atoms with E-state index >= 15 is 0 Å². The van der Waals surface area contributed by atoms with Gasteiger partial charge in [0.1, 0.15) is 0 Å². The van der Waals surface area contributed by atoms with Gasteiger partial charge in [0, 0.05) is 0 Å². The molecule has 150 valence electrons. The fraction of sp³-hybridized carbons (Fsp3) is 0.846. The van der Waals surface area contributed by atoms with Crippen LogP contribution in [0.4, 0.5) is 0 Å². The van der Waals surface area contributed by atoms with Crippen LogP contribution in [0.5, 0.6) is 0 Å². The molecule has 0 N–H and O–H groups in total. The fourth-order valence-electron chi connectivity index (χ4n) is 5.30. The molecule has 0 spiro atoms. The molecule has 2 aliphatic carbocycles. The fourth-order valence-corrected chi connectivity index (χ4v) is 5.30. The summed E-state index contributed by atoms with van der Waals surface area (Å²) in [5, 5.41) is 0. The molecule has 2 fully saturated rings. The van der Waals surface area contributed by atoms with E-state index in [4.69, 9.17) is 0 Å². The zero-order chi connectivity index (χ0) is 18.5. The third-order valence-electron chi connectivity index (χ3n) is 7.17. The van der Waals surface area contributed by atoms with E-state index in [9.17, 15) is 0 Å². The Morgan fingerprint density at radius 3 is 1.73 bits per heavy atom. The highest BCUT2D eigenvalue weighted by Gasteiger charge is 2.21. The van der Waals surface area contributed by atoms with Crippen molar-refractivity contribution >= 4 is 0 Å². The smallest absolute Gasteiger partial charge is 0.0233 e. The number of unbranched alkanes of at least 4 members (excludes halogenated alkanes) is 2. The van der Waals surface area contributed by atoms with Crippen LogP contribution in [0.25, 0.3) is 0 Å². The Kier molecular flexibility index (Phi) is 11.4. The number of allylic oxidation sites excluding steroid dienone is 4. The first-order chi connectivity index (χ1) is 12.8. The monoisotopic (exact) mass is 358 g/mol. The highest BCUT2D eigenvalue weighted by Crippen LogP contribution is 2.36. The molecule has 0 radical (unpaired) electrons. The summed E-state index contributed by atoms with van der Waals surface area (Å²) < 4.78 is 0. The van der Waals surface area contributed by atoms with E-state index in [2.05, 4.69) is 38.2 Å². The van der Waals surface area contributed by atoms with Gasteiger partial charge in [0.25, 0.3) is 0 Å². The van der Waals surface area contributed by atoms with Gasteiger partial charge < -0.3 is 0 Å². The zero-order valence-electron chi connectivity index (χ0n) is 17.9. The normalized spacial score (nSPS) is 30.4. The standard InChI is InChI=1S/C26H46/c1-3-5-7-11-23-15-19-25(20-16-23)13-9-10-14-26-21-17-24(18-22-26)12-8-6-4-2/h3,5,8,12,23-26H,4,6-7,9-11,13-22H2,1-2H3. The molecule has 0 nitrogen and oxygen atoms in total. The summed E-state index contributed by atoms with van der Waals surface area (Å²) in [5.74, 6) is 4.05. The highest BCUT2D eigenvalue weighted by molar-refractivity contribution is 4.90. The van der Waals surface area contributed by atoms with Crippen molar-refractivity contribution in [2.24, 2.45) is 23.7 Å².